The molecule has 0 amide bonds. The maximum atomic E-state index is 5.07. The Hall–Kier alpha value is -5.10. The molecular weight excluding hydrogens is 468 g/mol. The highest BCUT2D eigenvalue weighted by atomic mass is 15.2. The summed E-state index contributed by atoms with van der Waals surface area (Å²) < 4.78 is 8.61. The summed E-state index contributed by atoms with van der Waals surface area (Å²) in [7, 11) is 0. The fraction of sp³-hybridized carbons (Fsp3) is 0.0625. The van der Waals surface area contributed by atoms with Gasteiger partial charge in [-0.1, -0.05) is 50.6 Å². The fourth-order valence-electron chi connectivity index (χ4n) is 5.76. The molecule has 1 aliphatic carbocycles. The van der Waals surface area contributed by atoms with Gasteiger partial charge >= 0.3 is 0 Å². The number of hydrogen-bond donors (Lipinski definition) is 0. The first-order valence-corrected chi connectivity index (χ1v) is 12.6. The molecule has 4 aromatic heterocycles. The molecule has 0 N–H and O–H groups in total. The standard InChI is InChI=1S/C32H26N6/c1-5-25-27(7-3)37-29-18-11-9-16-23(29)33-31(37)35(25)21-14-13-15-22(20-21)36-26(6-2)28(8-4)38-30-19-12-10-17-24(30)34-32(36)38/h5-9,11-16,18-20H,1-4,10,17H2. The Morgan fingerprint density at radius 2 is 1.32 bits per heavy atom. The smallest absolute Gasteiger partial charge is 0.220 e. The Kier molecular flexibility index (Phi) is 4.78. The van der Waals surface area contributed by atoms with Crippen LogP contribution in [0.4, 0.5) is 0 Å². The van der Waals surface area contributed by atoms with Crippen LogP contribution < -0.4 is 0 Å². The first-order valence-electron chi connectivity index (χ1n) is 12.6. The van der Waals surface area contributed by atoms with E-state index < -0.39 is 0 Å². The van der Waals surface area contributed by atoms with E-state index in [0.29, 0.717) is 0 Å². The van der Waals surface area contributed by atoms with Crippen molar-refractivity contribution < 1.29 is 0 Å². The van der Waals surface area contributed by atoms with Crippen LogP contribution in [0.1, 0.15) is 40.6 Å². The largest absolute Gasteiger partial charge is 0.278 e. The maximum absolute atomic E-state index is 5.07. The van der Waals surface area contributed by atoms with Crippen molar-refractivity contribution >= 4 is 53.0 Å². The lowest BCUT2D eigenvalue weighted by molar-refractivity contribution is 0.934. The molecule has 0 saturated carbocycles. The van der Waals surface area contributed by atoms with Crippen LogP contribution in [0.5, 0.6) is 0 Å². The van der Waals surface area contributed by atoms with Crippen molar-refractivity contribution in [3.8, 4) is 11.4 Å². The van der Waals surface area contributed by atoms with Crippen molar-refractivity contribution in [3.05, 3.63) is 115 Å². The van der Waals surface area contributed by atoms with Gasteiger partial charge in [0.1, 0.15) is 0 Å². The summed E-state index contributed by atoms with van der Waals surface area (Å²) >= 11 is 0. The zero-order valence-corrected chi connectivity index (χ0v) is 21.0. The molecule has 184 valence electrons. The van der Waals surface area contributed by atoms with Gasteiger partial charge in [0, 0.05) is 0 Å². The number of imidazole rings is 4. The Morgan fingerprint density at radius 3 is 2.00 bits per heavy atom. The average molecular weight is 495 g/mol. The molecule has 2 aromatic carbocycles. The van der Waals surface area contributed by atoms with Gasteiger partial charge in [-0.2, -0.15) is 0 Å². The summed E-state index contributed by atoms with van der Waals surface area (Å²) in [6.45, 7) is 16.5. The summed E-state index contributed by atoms with van der Waals surface area (Å²) in [5, 5.41) is 0. The van der Waals surface area contributed by atoms with Crippen LogP contribution in [0, 0.1) is 0 Å². The van der Waals surface area contributed by atoms with Crippen molar-refractivity contribution in [2.45, 2.75) is 12.8 Å². The van der Waals surface area contributed by atoms with Gasteiger partial charge in [-0.3, -0.25) is 17.9 Å². The zero-order chi connectivity index (χ0) is 26.0. The minimum atomic E-state index is 0.808. The first kappa shape index (κ1) is 22.1. The van der Waals surface area contributed by atoms with Gasteiger partial charge in [-0.05, 0) is 73.6 Å². The van der Waals surface area contributed by atoms with Gasteiger partial charge < -0.3 is 0 Å². The number of aryl methyl sites for hydroxylation is 1. The van der Waals surface area contributed by atoms with E-state index in [1.54, 1.807) is 0 Å². The SMILES string of the molecule is C=Cc1c(C=C)n2c3c(nc2n1-c1cccc(-n2c(C=C)c(C=C)n4c5ccccc5nc24)c1)CCC=C3. The topological polar surface area (TPSA) is 44.5 Å². The lowest BCUT2D eigenvalue weighted by Crippen LogP contribution is -2.03. The molecule has 0 radical (unpaired) electrons. The summed E-state index contributed by atoms with van der Waals surface area (Å²) in [6.07, 6.45) is 13.8. The summed E-state index contributed by atoms with van der Waals surface area (Å²) in [4.78, 5) is 10.1. The third-order valence-corrected chi connectivity index (χ3v) is 7.35. The molecule has 0 atom stereocenters. The van der Waals surface area contributed by atoms with Crippen LogP contribution >= 0.6 is 0 Å². The van der Waals surface area contributed by atoms with E-state index in [1.807, 2.05) is 42.5 Å². The highest BCUT2D eigenvalue weighted by molar-refractivity contribution is 5.84. The van der Waals surface area contributed by atoms with Gasteiger partial charge in [-0.15, -0.1) is 0 Å². The van der Waals surface area contributed by atoms with Crippen LogP contribution in [0.25, 0.3) is 64.3 Å². The molecular formula is C32H26N6. The summed E-state index contributed by atoms with van der Waals surface area (Å²) in [5.41, 5.74) is 9.91. The third-order valence-electron chi connectivity index (χ3n) is 7.35. The molecule has 6 nitrogen and oxygen atoms in total. The van der Waals surface area contributed by atoms with Gasteiger partial charge in [-0.25, -0.2) is 9.97 Å². The van der Waals surface area contributed by atoms with Crippen molar-refractivity contribution in [1.29, 1.82) is 0 Å². The second kappa shape index (κ2) is 8.21. The Balaban J connectivity index is 1.53. The van der Waals surface area contributed by atoms with Gasteiger partial charge in [0.15, 0.2) is 0 Å². The number of para-hydroxylation sites is 2. The fourth-order valence-corrected chi connectivity index (χ4v) is 5.76. The predicted molar refractivity (Wildman–Crippen MR) is 158 cm³/mol. The molecule has 0 aliphatic heterocycles. The minimum Gasteiger partial charge on any atom is -0.278 e. The van der Waals surface area contributed by atoms with Crippen LogP contribution in [-0.2, 0) is 6.42 Å². The number of aromatic nitrogens is 6. The van der Waals surface area contributed by atoms with Crippen molar-refractivity contribution in [1.82, 2.24) is 27.9 Å². The lowest BCUT2D eigenvalue weighted by atomic mass is 10.1. The molecule has 4 heterocycles. The molecule has 0 spiro atoms. The number of allylic oxidation sites excluding steroid dienone is 1. The molecule has 1 aliphatic rings. The second-order valence-electron chi connectivity index (χ2n) is 9.30. The Morgan fingerprint density at radius 1 is 0.684 bits per heavy atom. The molecule has 0 fully saturated rings. The third kappa shape index (κ3) is 2.82. The highest BCUT2D eigenvalue weighted by Crippen LogP contribution is 2.33. The summed E-state index contributed by atoms with van der Waals surface area (Å²) in [6, 6.07) is 16.5. The number of nitrogens with zero attached hydrogens (tertiary/aromatic N) is 6. The van der Waals surface area contributed by atoms with E-state index >= 15 is 0 Å². The van der Waals surface area contributed by atoms with E-state index in [-0.39, 0.29) is 0 Å². The molecule has 0 unspecified atom stereocenters. The van der Waals surface area contributed by atoms with Gasteiger partial charge in [0.05, 0.1) is 56.6 Å². The van der Waals surface area contributed by atoms with E-state index in [4.69, 9.17) is 9.97 Å². The molecule has 6 heteroatoms. The molecule has 6 aromatic rings. The normalized spacial score (nSPS) is 12.8. The Bertz CT molecular complexity index is 2000. The highest BCUT2D eigenvalue weighted by Gasteiger charge is 2.24. The predicted octanol–water partition coefficient (Wildman–Crippen LogP) is 7.25. The minimum absolute atomic E-state index is 0.808. The molecule has 7 rings (SSSR count). The number of benzene rings is 2. The summed E-state index contributed by atoms with van der Waals surface area (Å²) in [5.74, 6) is 1.66. The second-order valence-corrected chi connectivity index (χ2v) is 9.30. The molecule has 38 heavy (non-hydrogen) atoms. The Labute approximate surface area is 220 Å². The zero-order valence-electron chi connectivity index (χ0n) is 21.0. The van der Waals surface area contributed by atoms with Crippen molar-refractivity contribution in [2.24, 2.45) is 0 Å². The van der Waals surface area contributed by atoms with E-state index in [0.717, 1.165) is 81.0 Å². The van der Waals surface area contributed by atoms with Crippen LogP contribution in [0.15, 0.2) is 80.9 Å². The van der Waals surface area contributed by atoms with Crippen LogP contribution in [0.3, 0.4) is 0 Å². The van der Waals surface area contributed by atoms with Crippen molar-refractivity contribution in [3.63, 3.8) is 0 Å². The number of rotatable bonds is 6. The lowest BCUT2D eigenvalue weighted by Gasteiger charge is -2.12. The van der Waals surface area contributed by atoms with Gasteiger partial charge in [0.2, 0.25) is 11.6 Å². The molecule has 0 bridgehead atoms. The number of hydrogen-bond acceptors (Lipinski definition) is 2. The van der Waals surface area contributed by atoms with E-state index in [1.165, 1.54) is 0 Å². The van der Waals surface area contributed by atoms with Crippen molar-refractivity contribution in [2.75, 3.05) is 0 Å². The van der Waals surface area contributed by atoms with Gasteiger partial charge in [0.25, 0.3) is 0 Å². The van der Waals surface area contributed by atoms with E-state index in [9.17, 15) is 0 Å². The molecule has 0 saturated heterocycles. The van der Waals surface area contributed by atoms with Crippen LogP contribution in [-0.4, -0.2) is 27.9 Å². The first-order chi connectivity index (χ1) is 18.7. The van der Waals surface area contributed by atoms with Crippen LogP contribution in [0.2, 0.25) is 0 Å². The van der Waals surface area contributed by atoms with E-state index in [2.05, 4.69) is 86.7 Å². The maximum Gasteiger partial charge on any atom is 0.220 e. The quantitative estimate of drug-likeness (QED) is 0.245. The monoisotopic (exact) mass is 494 g/mol. The number of fused-ring (bicyclic) bond motifs is 6. The average Bonchev–Trinajstić information content (AvgIpc) is 3.67.